The summed E-state index contributed by atoms with van der Waals surface area (Å²) >= 11 is 0. The lowest BCUT2D eigenvalue weighted by molar-refractivity contribution is -0.136. The maximum Gasteiger partial charge on any atom is 0.255 e. The molecule has 2 saturated heterocycles. The summed E-state index contributed by atoms with van der Waals surface area (Å²) in [6.45, 7) is 2.21. The highest BCUT2D eigenvalue weighted by atomic mass is 19.1. The number of nitrogens with zero attached hydrogens (tertiary/aromatic N) is 3. The highest BCUT2D eigenvalue weighted by molar-refractivity contribution is 6.05. The molecule has 0 spiro atoms. The molecule has 0 radical (unpaired) electrons. The van der Waals surface area contributed by atoms with E-state index in [1.54, 1.807) is 11.0 Å². The molecule has 184 valence electrons. The number of carbonyl (C=O) groups is 3. The zero-order valence-corrected chi connectivity index (χ0v) is 19.3. The number of halogens is 1. The van der Waals surface area contributed by atoms with E-state index < -0.39 is 6.04 Å². The second kappa shape index (κ2) is 10.1. The van der Waals surface area contributed by atoms with Crippen LogP contribution in [0.25, 0.3) is 0 Å². The van der Waals surface area contributed by atoms with E-state index in [9.17, 15) is 18.8 Å². The van der Waals surface area contributed by atoms with Crippen molar-refractivity contribution < 1.29 is 23.5 Å². The van der Waals surface area contributed by atoms with Crippen molar-refractivity contribution >= 4 is 17.7 Å². The normalized spacial score (nSPS) is 22.3. The molecule has 1 atom stereocenters. The maximum absolute atomic E-state index is 12.6. The van der Waals surface area contributed by atoms with Gasteiger partial charge in [-0.15, -0.1) is 0 Å². The Balaban J connectivity index is 0.000000192. The van der Waals surface area contributed by atoms with Crippen molar-refractivity contribution in [3.63, 3.8) is 0 Å². The first-order valence-corrected chi connectivity index (χ1v) is 12.1. The Kier molecular flexibility index (Phi) is 6.72. The average Bonchev–Trinajstić information content (AvgIpc) is 3.42. The van der Waals surface area contributed by atoms with Gasteiger partial charge in [-0.25, -0.2) is 14.4 Å². The molecule has 2 aromatic rings. The van der Waals surface area contributed by atoms with Gasteiger partial charge in [-0.3, -0.25) is 19.7 Å². The van der Waals surface area contributed by atoms with E-state index in [-0.39, 0.29) is 36.1 Å². The molecule has 6 rings (SSSR count). The molecule has 4 heterocycles. The van der Waals surface area contributed by atoms with Crippen LogP contribution < -0.4 is 15.4 Å². The summed E-state index contributed by atoms with van der Waals surface area (Å²) < 4.78 is 18.3. The number of ether oxygens (including phenoxy) is 1. The van der Waals surface area contributed by atoms with Crippen LogP contribution in [0.3, 0.4) is 0 Å². The molecule has 3 fully saturated rings. The number of carbonyl (C=O) groups excluding carboxylic acids is 3. The first-order chi connectivity index (χ1) is 17.0. The molecule has 3 amide bonds. The van der Waals surface area contributed by atoms with Gasteiger partial charge in [0, 0.05) is 37.5 Å². The number of benzene rings is 1. The van der Waals surface area contributed by atoms with Gasteiger partial charge in [0.1, 0.15) is 17.6 Å². The van der Waals surface area contributed by atoms with Crippen LogP contribution in [0.1, 0.15) is 66.2 Å². The summed E-state index contributed by atoms with van der Waals surface area (Å²) in [6.07, 6.45) is 7.92. The summed E-state index contributed by atoms with van der Waals surface area (Å²) in [5, 5.41) is 5.42. The number of aromatic nitrogens is 2. The minimum atomic E-state index is -0.568. The molecular weight excluding hydrogens is 453 g/mol. The van der Waals surface area contributed by atoms with Gasteiger partial charge < -0.3 is 15.0 Å². The number of piperidine rings is 1. The molecule has 1 aliphatic carbocycles. The third-order valence-corrected chi connectivity index (χ3v) is 6.89. The number of imide groups is 1. The summed E-state index contributed by atoms with van der Waals surface area (Å²) in [6, 6.07) is 4.97. The SMILES string of the molecule is Fc1cnc(C2CNC2)nc1.O=C1CCC(N2Cc3cc(OC4CCCC4)ccc3C2=O)C(=O)N1. The van der Waals surface area contributed by atoms with Crippen LogP contribution >= 0.6 is 0 Å². The summed E-state index contributed by atoms with van der Waals surface area (Å²) in [4.78, 5) is 45.2. The monoisotopic (exact) mass is 481 g/mol. The highest BCUT2D eigenvalue weighted by Gasteiger charge is 2.39. The van der Waals surface area contributed by atoms with Gasteiger partial charge in [0.2, 0.25) is 11.8 Å². The highest BCUT2D eigenvalue weighted by Crippen LogP contribution is 2.31. The molecule has 2 N–H and O–H groups in total. The fraction of sp³-hybridized carbons (Fsp3) is 0.480. The standard InChI is InChI=1S/C18H20N2O4.C7H8FN3/c21-16-8-7-15(17(22)19-16)20-10-11-9-13(5-6-14(11)18(20)23)24-12-3-1-2-4-12;8-6-3-10-7(11-4-6)5-1-9-2-5/h5-6,9,12,15H,1-4,7-8,10H2,(H,19,21,22);3-5,9H,1-2H2. The second-order valence-corrected chi connectivity index (χ2v) is 9.36. The van der Waals surface area contributed by atoms with E-state index in [1.807, 2.05) is 12.1 Å². The van der Waals surface area contributed by atoms with Crippen molar-refractivity contribution in [3.8, 4) is 5.75 Å². The summed E-state index contributed by atoms with van der Waals surface area (Å²) in [7, 11) is 0. The zero-order chi connectivity index (χ0) is 24.4. The van der Waals surface area contributed by atoms with Crippen LogP contribution in [0.15, 0.2) is 30.6 Å². The van der Waals surface area contributed by atoms with E-state index >= 15 is 0 Å². The van der Waals surface area contributed by atoms with Crippen molar-refractivity contribution in [1.29, 1.82) is 0 Å². The smallest absolute Gasteiger partial charge is 0.255 e. The molecule has 10 heteroatoms. The van der Waals surface area contributed by atoms with Crippen LogP contribution in [0.2, 0.25) is 0 Å². The first kappa shape index (κ1) is 23.3. The number of amides is 3. The minimum Gasteiger partial charge on any atom is -0.490 e. The quantitative estimate of drug-likeness (QED) is 0.643. The van der Waals surface area contributed by atoms with E-state index in [4.69, 9.17) is 4.74 Å². The second-order valence-electron chi connectivity index (χ2n) is 9.36. The Bertz CT molecular complexity index is 1120. The van der Waals surface area contributed by atoms with Gasteiger partial charge in [-0.1, -0.05) is 0 Å². The zero-order valence-electron chi connectivity index (χ0n) is 19.3. The first-order valence-electron chi connectivity index (χ1n) is 12.1. The number of hydrogen-bond acceptors (Lipinski definition) is 7. The number of rotatable bonds is 4. The Morgan fingerprint density at radius 1 is 1.03 bits per heavy atom. The molecule has 0 bridgehead atoms. The van der Waals surface area contributed by atoms with Gasteiger partial charge in [0.25, 0.3) is 5.91 Å². The summed E-state index contributed by atoms with van der Waals surface area (Å²) in [5.74, 6) is 0.745. The predicted molar refractivity (Wildman–Crippen MR) is 123 cm³/mol. The van der Waals surface area contributed by atoms with E-state index in [0.717, 1.165) is 43.1 Å². The van der Waals surface area contributed by atoms with Crippen molar-refractivity contribution in [2.75, 3.05) is 13.1 Å². The molecule has 1 saturated carbocycles. The molecule has 1 unspecified atom stereocenters. The van der Waals surface area contributed by atoms with E-state index in [1.165, 1.54) is 25.2 Å². The van der Waals surface area contributed by atoms with Gasteiger partial charge in [-0.05, 0) is 55.9 Å². The summed E-state index contributed by atoms with van der Waals surface area (Å²) in [5.41, 5.74) is 1.51. The maximum atomic E-state index is 12.6. The molecule has 1 aromatic carbocycles. The number of hydrogen-bond donors (Lipinski definition) is 2. The third kappa shape index (κ3) is 5.17. The van der Waals surface area contributed by atoms with E-state index in [0.29, 0.717) is 24.4 Å². The lowest BCUT2D eigenvalue weighted by Gasteiger charge is -2.29. The Morgan fingerprint density at radius 3 is 2.43 bits per heavy atom. The Labute approximate surface area is 202 Å². The molecule has 35 heavy (non-hydrogen) atoms. The lowest BCUT2D eigenvalue weighted by atomic mass is 10.0. The number of fused-ring (bicyclic) bond motifs is 1. The largest absolute Gasteiger partial charge is 0.490 e. The fourth-order valence-corrected chi connectivity index (χ4v) is 4.83. The van der Waals surface area contributed by atoms with Gasteiger partial charge in [0.05, 0.1) is 18.5 Å². The van der Waals surface area contributed by atoms with Gasteiger partial charge in [0.15, 0.2) is 5.82 Å². The van der Waals surface area contributed by atoms with Crippen LogP contribution in [0.4, 0.5) is 4.39 Å². The average molecular weight is 482 g/mol. The molecule has 4 aliphatic rings. The molecule has 3 aliphatic heterocycles. The van der Waals surface area contributed by atoms with Crippen LogP contribution in [-0.2, 0) is 16.1 Å². The van der Waals surface area contributed by atoms with Crippen LogP contribution in [-0.4, -0.2) is 57.8 Å². The van der Waals surface area contributed by atoms with Crippen molar-refractivity contribution in [2.24, 2.45) is 0 Å². The Hall–Kier alpha value is -3.40. The Morgan fingerprint density at radius 2 is 1.77 bits per heavy atom. The van der Waals surface area contributed by atoms with Gasteiger partial charge >= 0.3 is 0 Å². The van der Waals surface area contributed by atoms with Crippen molar-refractivity contribution in [3.05, 3.63) is 53.4 Å². The molecule has 9 nitrogen and oxygen atoms in total. The molecule has 1 aromatic heterocycles. The van der Waals surface area contributed by atoms with E-state index in [2.05, 4.69) is 20.6 Å². The van der Waals surface area contributed by atoms with Crippen molar-refractivity contribution in [2.45, 2.75) is 63.1 Å². The molecular formula is C25H28FN5O4. The number of nitrogens with one attached hydrogen (secondary N) is 2. The third-order valence-electron chi connectivity index (χ3n) is 6.89. The van der Waals surface area contributed by atoms with Crippen LogP contribution in [0.5, 0.6) is 5.75 Å². The predicted octanol–water partition coefficient (Wildman–Crippen LogP) is 2.07. The lowest BCUT2D eigenvalue weighted by Crippen LogP contribution is -2.52. The fourth-order valence-electron chi connectivity index (χ4n) is 4.83. The van der Waals surface area contributed by atoms with Crippen LogP contribution in [0, 0.1) is 5.82 Å². The van der Waals surface area contributed by atoms with Crippen molar-refractivity contribution in [1.82, 2.24) is 25.5 Å². The van der Waals surface area contributed by atoms with Gasteiger partial charge in [-0.2, -0.15) is 0 Å². The topological polar surface area (TPSA) is 114 Å². The minimum absolute atomic E-state index is 0.146.